The molecule has 2 rings (SSSR count). The molecule has 2 saturated heterocycles. The Balaban J connectivity index is 1.80. The Kier molecular flexibility index (Phi) is 6.68. The van der Waals surface area contributed by atoms with Crippen LogP contribution < -0.4 is 0 Å². The fourth-order valence-corrected chi connectivity index (χ4v) is 3.99. The Morgan fingerprint density at radius 1 is 1.40 bits per heavy atom. The highest BCUT2D eigenvalue weighted by molar-refractivity contribution is 5.68. The van der Waals surface area contributed by atoms with Crippen LogP contribution in [-0.4, -0.2) is 46.2 Å². The molecule has 0 radical (unpaired) electrons. The van der Waals surface area contributed by atoms with E-state index in [9.17, 15) is 9.90 Å². The molecular formula is C20H34O5. The molecule has 25 heavy (non-hydrogen) atoms. The van der Waals surface area contributed by atoms with E-state index in [0.29, 0.717) is 13.0 Å². The summed E-state index contributed by atoms with van der Waals surface area (Å²) in [4.78, 5) is 11.1. The monoisotopic (exact) mass is 354 g/mol. The number of aliphatic carboxylic acids is 1. The van der Waals surface area contributed by atoms with Crippen molar-refractivity contribution in [1.82, 2.24) is 0 Å². The summed E-state index contributed by atoms with van der Waals surface area (Å²) in [6.07, 6.45) is 6.90. The first-order valence-corrected chi connectivity index (χ1v) is 9.51. The van der Waals surface area contributed by atoms with Gasteiger partial charge in [-0.2, -0.15) is 0 Å². The molecule has 0 aromatic carbocycles. The summed E-state index contributed by atoms with van der Waals surface area (Å²) in [5.74, 6) is -0.578. The third kappa shape index (κ3) is 5.28. The molecule has 0 spiro atoms. The third-order valence-corrected chi connectivity index (χ3v) is 5.83. The Morgan fingerprint density at radius 3 is 2.76 bits per heavy atom. The average Bonchev–Trinajstić information content (AvgIpc) is 2.89. The van der Waals surface area contributed by atoms with Gasteiger partial charge in [-0.15, -0.1) is 0 Å². The van der Waals surface area contributed by atoms with Gasteiger partial charge in [-0.05, 0) is 58.8 Å². The molecule has 0 aliphatic carbocycles. The highest BCUT2D eigenvalue weighted by Gasteiger charge is 2.54. The number of hydrogen-bond acceptors (Lipinski definition) is 4. The van der Waals surface area contributed by atoms with Crippen molar-refractivity contribution in [3.05, 3.63) is 11.6 Å². The lowest BCUT2D eigenvalue weighted by atomic mass is 9.87. The second-order valence-electron chi connectivity index (χ2n) is 8.45. The summed E-state index contributed by atoms with van der Waals surface area (Å²) in [7, 11) is 0. The minimum absolute atomic E-state index is 0.0210. The number of aliphatic hydroxyl groups excluding tert-OH is 1. The molecule has 144 valence electrons. The zero-order valence-electron chi connectivity index (χ0n) is 16.1. The van der Waals surface area contributed by atoms with Gasteiger partial charge in [-0.1, -0.05) is 25.0 Å². The standard InChI is InChI=1S/C20H34O5/c1-14(2)7-8-16(21)15(3)6-5-10-19(4)17-9-11-20(25-17,13-24-19)12-18(22)23/h7,15-17,21H,5-6,8-13H2,1-4H3,(H,22,23). The van der Waals surface area contributed by atoms with E-state index in [2.05, 4.69) is 19.9 Å². The highest BCUT2D eigenvalue weighted by atomic mass is 16.6. The number of ether oxygens (including phenoxy) is 2. The van der Waals surface area contributed by atoms with Gasteiger partial charge in [0.25, 0.3) is 0 Å². The lowest BCUT2D eigenvalue weighted by molar-refractivity contribution is -0.242. The molecule has 5 nitrogen and oxygen atoms in total. The van der Waals surface area contributed by atoms with E-state index in [4.69, 9.17) is 14.6 Å². The van der Waals surface area contributed by atoms with Crippen LogP contribution in [0.2, 0.25) is 0 Å². The summed E-state index contributed by atoms with van der Waals surface area (Å²) in [5.41, 5.74) is 0.269. The second-order valence-corrected chi connectivity index (χ2v) is 8.45. The van der Waals surface area contributed by atoms with Crippen LogP contribution in [0.4, 0.5) is 0 Å². The lowest BCUT2D eigenvalue weighted by Crippen LogP contribution is -2.53. The van der Waals surface area contributed by atoms with Gasteiger partial charge in [-0.3, -0.25) is 4.79 Å². The average molecular weight is 354 g/mol. The zero-order chi connectivity index (χ0) is 18.7. The molecule has 2 aliphatic rings. The van der Waals surface area contributed by atoms with E-state index in [1.807, 2.05) is 13.8 Å². The first-order valence-electron chi connectivity index (χ1n) is 9.51. The number of aliphatic hydroxyl groups is 1. The van der Waals surface area contributed by atoms with Gasteiger partial charge in [0.2, 0.25) is 0 Å². The predicted octanol–water partition coefficient (Wildman–Crippen LogP) is 3.69. The first kappa shape index (κ1) is 20.4. The maximum atomic E-state index is 11.1. The van der Waals surface area contributed by atoms with Crippen molar-refractivity contribution >= 4 is 5.97 Å². The largest absolute Gasteiger partial charge is 0.481 e. The van der Waals surface area contributed by atoms with Gasteiger partial charge >= 0.3 is 5.97 Å². The number of carbonyl (C=O) groups is 1. The number of carboxylic acid groups (broad SMARTS) is 1. The van der Waals surface area contributed by atoms with Crippen LogP contribution in [0.1, 0.15) is 72.6 Å². The second kappa shape index (κ2) is 8.19. The molecule has 5 unspecified atom stereocenters. The van der Waals surface area contributed by atoms with Gasteiger partial charge in [0.1, 0.15) is 5.60 Å². The molecule has 0 aromatic rings. The van der Waals surface area contributed by atoms with Crippen molar-refractivity contribution in [2.45, 2.75) is 96.1 Å². The normalized spacial score (nSPS) is 33.7. The number of rotatable bonds is 9. The van der Waals surface area contributed by atoms with Crippen LogP contribution in [0.25, 0.3) is 0 Å². The van der Waals surface area contributed by atoms with Crippen LogP contribution in [0.3, 0.4) is 0 Å². The van der Waals surface area contributed by atoms with E-state index in [1.165, 1.54) is 5.57 Å². The molecular weight excluding hydrogens is 320 g/mol. The summed E-state index contributed by atoms with van der Waals surface area (Å²) < 4.78 is 12.2. The van der Waals surface area contributed by atoms with Gasteiger partial charge in [0.15, 0.2) is 0 Å². The first-order chi connectivity index (χ1) is 11.7. The molecule has 0 saturated carbocycles. The molecule has 0 amide bonds. The van der Waals surface area contributed by atoms with Crippen molar-refractivity contribution in [3.63, 3.8) is 0 Å². The van der Waals surface area contributed by atoms with Crippen LogP contribution in [0, 0.1) is 5.92 Å². The third-order valence-electron chi connectivity index (χ3n) is 5.83. The maximum absolute atomic E-state index is 11.1. The summed E-state index contributed by atoms with van der Waals surface area (Å²) >= 11 is 0. The molecule has 2 aliphatic heterocycles. The molecule has 2 fully saturated rings. The van der Waals surface area contributed by atoms with Crippen molar-refractivity contribution in [3.8, 4) is 0 Å². The highest BCUT2D eigenvalue weighted by Crippen LogP contribution is 2.46. The zero-order valence-corrected chi connectivity index (χ0v) is 16.1. The van der Waals surface area contributed by atoms with E-state index in [1.54, 1.807) is 0 Å². The van der Waals surface area contributed by atoms with Crippen LogP contribution in [0.5, 0.6) is 0 Å². The topological polar surface area (TPSA) is 76.0 Å². The van der Waals surface area contributed by atoms with E-state index < -0.39 is 11.6 Å². The molecule has 2 N–H and O–H groups in total. The van der Waals surface area contributed by atoms with E-state index >= 15 is 0 Å². The van der Waals surface area contributed by atoms with Gasteiger partial charge in [0, 0.05) is 0 Å². The molecule has 2 bridgehead atoms. The fraction of sp³-hybridized carbons (Fsp3) is 0.850. The number of hydrogen-bond donors (Lipinski definition) is 2. The van der Waals surface area contributed by atoms with Crippen LogP contribution >= 0.6 is 0 Å². The van der Waals surface area contributed by atoms with Crippen molar-refractivity contribution in [1.29, 1.82) is 0 Å². The minimum Gasteiger partial charge on any atom is -0.481 e. The Hall–Kier alpha value is -0.910. The van der Waals surface area contributed by atoms with Crippen LogP contribution in [-0.2, 0) is 14.3 Å². The summed E-state index contributed by atoms with van der Waals surface area (Å²) in [6, 6.07) is 0. The number of allylic oxidation sites excluding steroid dienone is 1. The predicted molar refractivity (Wildman–Crippen MR) is 96.5 cm³/mol. The Morgan fingerprint density at radius 2 is 2.12 bits per heavy atom. The molecule has 5 atom stereocenters. The van der Waals surface area contributed by atoms with Crippen molar-refractivity contribution < 1.29 is 24.5 Å². The smallest absolute Gasteiger partial charge is 0.306 e. The van der Waals surface area contributed by atoms with E-state index in [-0.39, 0.29) is 30.1 Å². The van der Waals surface area contributed by atoms with Gasteiger partial charge < -0.3 is 19.7 Å². The summed E-state index contributed by atoms with van der Waals surface area (Å²) in [6.45, 7) is 8.63. The lowest BCUT2D eigenvalue weighted by Gasteiger charge is -2.44. The van der Waals surface area contributed by atoms with Crippen LogP contribution in [0.15, 0.2) is 11.6 Å². The molecule has 5 heteroatoms. The Bertz CT molecular complexity index is 498. The van der Waals surface area contributed by atoms with Gasteiger partial charge in [0.05, 0.1) is 30.8 Å². The van der Waals surface area contributed by atoms with Gasteiger partial charge in [-0.25, -0.2) is 0 Å². The minimum atomic E-state index is -0.827. The van der Waals surface area contributed by atoms with Crippen molar-refractivity contribution in [2.24, 2.45) is 5.92 Å². The SMILES string of the molecule is CC(C)=CCC(O)C(C)CCCC1(C)OCC2(CC(=O)O)CCC1O2. The van der Waals surface area contributed by atoms with Crippen molar-refractivity contribution in [2.75, 3.05) is 6.61 Å². The van der Waals surface area contributed by atoms with E-state index in [0.717, 1.165) is 32.1 Å². The molecule has 2 heterocycles. The quantitative estimate of drug-likeness (QED) is 0.618. The maximum Gasteiger partial charge on any atom is 0.306 e. The molecule has 0 aromatic heterocycles. The fourth-order valence-electron chi connectivity index (χ4n) is 3.99. The number of fused-ring (bicyclic) bond motifs is 2. The number of carboxylic acids is 1. The summed E-state index contributed by atoms with van der Waals surface area (Å²) in [5, 5.41) is 19.3. The Labute approximate surface area is 151 Å².